The van der Waals surface area contributed by atoms with E-state index in [1.165, 1.54) is 173 Å². The lowest BCUT2D eigenvalue weighted by Gasteiger charge is -2.15. The fourth-order valence-corrected chi connectivity index (χ4v) is 14.5. The predicted octanol–water partition coefficient (Wildman–Crippen LogP) is 22.1. The zero-order valence-electron chi connectivity index (χ0n) is 66.9. The summed E-state index contributed by atoms with van der Waals surface area (Å²) in [5.41, 5.74) is 38.8. The van der Waals surface area contributed by atoms with Crippen LogP contribution in [0.5, 0.6) is 0 Å². The standard InChI is InChI=1S/2C21H20.C18H22N.2C17H20N/c2*1-15-9-7-8-12-19(15)21-14-16(2)20(13-17(21)3)18-10-5-4-6-11-18;1-13-8-9-17(14(2)10-13)18-11-15-6-4-5-7-16(15)12-19(18)3;2*1-12-7-8-16(13(2)9-12)17-10-14-5-4-6-15(14)11-18(17)3/h2*4-14H,1-3H3;8-12H,4-7H2,1-3H3;2*7-11H,4-6H2,1-3H3/q;;3*+1/i;;;1D3,5D2,6D2;. The van der Waals surface area contributed by atoms with E-state index in [4.69, 9.17) is 9.60 Å². The molecular formula is C94H102N3+3. The molecule has 0 bridgehead atoms. The molecule has 3 heterocycles. The number of hydrogen-bond donors (Lipinski definition) is 0. The Morgan fingerprint density at radius 1 is 0.258 bits per heavy atom. The molecule has 0 aliphatic heterocycles. The van der Waals surface area contributed by atoms with E-state index in [0.29, 0.717) is 11.1 Å². The second-order valence-corrected chi connectivity index (χ2v) is 27.3. The maximum atomic E-state index is 8.17. The van der Waals surface area contributed by atoms with Crippen molar-refractivity contribution in [1.82, 2.24) is 0 Å². The van der Waals surface area contributed by atoms with Gasteiger partial charge in [0, 0.05) is 61.2 Å². The molecule has 0 saturated heterocycles. The highest BCUT2D eigenvalue weighted by Crippen LogP contribution is 2.36. The Morgan fingerprint density at radius 2 is 0.588 bits per heavy atom. The minimum Gasteiger partial charge on any atom is -0.201 e. The SMILES string of the molecule is Cc1cc(-c2ccccc2C)c(C)cc1-c1ccccc1.Cc1cc(-c2ccccc2C)c(C)cc1-c1ccccc1.Cc1ccc(-c2cc3c(c[n+]2C)CCC3)c(C)c1.Cc1ccc(-c2cc3c(c[n+]2C)CCCC3)c(C)c1.[2H]C([2H])([2H])c1ccc(-c2cc3c(c[n+]2C)C([2H])([2H])CC3([2H])[2H])c(C)c1. The van der Waals surface area contributed by atoms with Gasteiger partial charge in [0.25, 0.3) is 0 Å². The lowest BCUT2D eigenvalue weighted by molar-refractivity contribution is -0.661. The first-order chi connectivity index (χ1) is 49.5. The van der Waals surface area contributed by atoms with Crippen molar-refractivity contribution < 1.29 is 23.3 Å². The van der Waals surface area contributed by atoms with Crippen molar-refractivity contribution in [2.45, 2.75) is 147 Å². The van der Waals surface area contributed by atoms with Crippen molar-refractivity contribution >= 4 is 0 Å². The van der Waals surface area contributed by atoms with Crippen molar-refractivity contribution in [3.05, 3.63) is 325 Å². The largest absolute Gasteiger partial charge is 0.212 e. The summed E-state index contributed by atoms with van der Waals surface area (Å²) < 4.78 is 61.4. The van der Waals surface area contributed by atoms with E-state index in [1.807, 2.05) is 6.92 Å². The van der Waals surface area contributed by atoms with Crippen molar-refractivity contribution in [2.75, 3.05) is 0 Å². The van der Waals surface area contributed by atoms with E-state index in [9.17, 15) is 0 Å². The molecule has 0 spiro atoms. The van der Waals surface area contributed by atoms with Crippen molar-refractivity contribution in [1.29, 1.82) is 0 Å². The maximum absolute atomic E-state index is 8.17. The van der Waals surface area contributed by atoms with Crippen LogP contribution in [0.4, 0.5) is 0 Å². The van der Waals surface area contributed by atoms with Crippen LogP contribution in [0.1, 0.15) is 135 Å². The summed E-state index contributed by atoms with van der Waals surface area (Å²) in [5, 5.41) is 0. The quantitative estimate of drug-likeness (QED) is 0.141. The van der Waals surface area contributed by atoms with Crippen LogP contribution in [0.15, 0.2) is 225 Å². The zero-order valence-corrected chi connectivity index (χ0v) is 59.9. The molecule has 3 nitrogen and oxygen atoms in total. The first-order valence-electron chi connectivity index (χ1n) is 38.3. The van der Waals surface area contributed by atoms with E-state index >= 15 is 0 Å². The molecule has 490 valence electrons. The molecule has 0 saturated carbocycles. The van der Waals surface area contributed by atoms with Crippen molar-refractivity contribution in [3.8, 4) is 78.3 Å². The summed E-state index contributed by atoms with van der Waals surface area (Å²) in [6, 6.07) is 72.5. The molecule has 9 aromatic carbocycles. The van der Waals surface area contributed by atoms with Crippen molar-refractivity contribution in [2.24, 2.45) is 21.1 Å². The Bertz CT molecular complexity index is 4990. The van der Waals surface area contributed by atoms with Crippen molar-refractivity contribution in [3.63, 3.8) is 0 Å². The molecule has 3 aromatic heterocycles. The molecule has 3 aliphatic carbocycles. The van der Waals surface area contributed by atoms with Gasteiger partial charge in [0.15, 0.2) is 18.6 Å². The van der Waals surface area contributed by atoms with E-state index in [1.54, 1.807) is 58.8 Å². The minimum atomic E-state index is -2.17. The lowest BCUT2D eigenvalue weighted by atomic mass is 9.90. The van der Waals surface area contributed by atoms with Crippen LogP contribution in [0, 0.1) is 83.0 Å². The van der Waals surface area contributed by atoms with Gasteiger partial charge in [-0.3, -0.25) is 0 Å². The maximum Gasteiger partial charge on any atom is 0.212 e. The highest BCUT2D eigenvalue weighted by Gasteiger charge is 2.24. The van der Waals surface area contributed by atoms with Crippen LogP contribution in [-0.2, 0) is 59.6 Å². The third kappa shape index (κ3) is 16.3. The molecule has 0 N–H and O–H groups in total. The molecule has 15 rings (SSSR count). The average molecular weight is 1280 g/mol. The van der Waals surface area contributed by atoms with Gasteiger partial charge in [-0.25, -0.2) is 13.7 Å². The highest BCUT2D eigenvalue weighted by atomic mass is 14.9. The second kappa shape index (κ2) is 31.1. The van der Waals surface area contributed by atoms with Crippen LogP contribution in [0.2, 0.25) is 0 Å². The van der Waals surface area contributed by atoms with E-state index in [2.05, 4.69) is 287 Å². The fourth-order valence-electron chi connectivity index (χ4n) is 14.5. The van der Waals surface area contributed by atoms with Gasteiger partial charge >= 0.3 is 0 Å². The Balaban J connectivity index is 0.000000131. The summed E-state index contributed by atoms with van der Waals surface area (Å²) in [6.45, 7) is 21.5. The number of aromatic nitrogens is 3. The normalized spacial score (nSPS) is 14.7. The number of fused-ring (bicyclic) bond motifs is 3. The van der Waals surface area contributed by atoms with Crippen LogP contribution < -0.4 is 13.7 Å². The van der Waals surface area contributed by atoms with Gasteiger partial charge < -0.3 is 0 Å². The molecule has 12 aromatic rings. The average Bonchev–Trinajstić information content (AvgIpc) is 1.58. The Kier molecular flexibility index (Phi) is 19.2. The van der Waals surface area contributed by atoms with Gasteiger partial charge in [0.1, 0.15) is 21.1 Å². The summed E-state index contributed by atoms with van der Waals surface area (Å²) in [4.78, 5) is 0. The molecule has 3 heteroatoms. The van der Waals surface area contributed by atoms with Gasteiger partial charge in [-0.05, 0) is 277 Å². The summed E-state index contributed by atoms with van der Waals surface area (Å²) in [5.74, 6) is 0. The predicted molar refractivity (Wildman–Crippen MR) is 411 cm³/mol. The number of nitrogens with zero attached hydrogens (tertiary/aromatic N) is 3. The topological polar surface area (TPSA) is 11.6 Å². The third-order valence-electron chi connectivity index (χ3n) is 19.8. The minimum absolute atomic E-state index is 0.199. The highest BCUT2D eigenvalue weighted by molar-refractivity contribution is 5.79. The molecule has 0 atom stereocenters. The fraction of sp³-hybridized carbons (Fsp3) is 0.266. The molecule has 0 radical (unpaired) electrons. The molecule has 0 unspecified atom stereocenters. The summed E-state index contributed by atoms with van der Waals surface area (Å²) in [6.07, 6.45) is 11.6. The number of aryl methyl sites for hydroxylation is 21. The first-order valence-corrected chi connectivity index (χ1v) is 34.8. The molecule has 3 aliphatic rings. The van der Waals surface area contributed by atoms with Gasteiger partial charge in [0.05, 0.1) is 0 Å². The number of rotatable bonds is 7. The third-order valence-corrected chi connectivity index (χ3v) is 19.8. The van der Waals surface area contributed by atoms with Gasteiger partial charge in [-0.15, -0.1) is 0 Å². The molecule has 0 fully saturated rings. The van der Waals surface area contributed by atoms with Crippen LogP contribution in [0.25, 0.3) is 78.3 Å². The molecule has 0 amide bonds. The van der Waals surface area contributed by atoms with Crippen LogP contribution >= 0.6 is 0 Å². The smallest absolute Gasteiger partial charge is 0.201 e. The van der Waals surface area contributed by atoms with Gasteiger partial charge in [-0.2, -0.15) is 0 Å². The second-order valence-electron chi connectivity index (χ2n) is 27.3. The Hall–Kier alpha value is -9.57. The van der Waals surface area contributed by atoms with E-state index in [-0.39, 0.29) is 12.0 Å². The van der Waals surface area contributed by atoms with E-state index in [0.717, 1.165) is 16.8 Å². The molecule has 97 heavy (non-hydrogen) atoms. The van der Waals surface area contributed by atoms with Gasteiger partial charge in [-0.1, -0.05) is 187 Å². The molecular weight excluding hydrogens is 1170 g/mol. The van der Waals surface area contributed by atoms with Crippen LogP contribution in [-0.4, -0.2) is 0 Å². The summed E-state index contributed by atoms with van der Waals surface area (Å²) >= 11 is 0. The van der Waals surface area contributed by atoms with Crippen LogP contribution in [0.3, 0.4) is 0 Å². The first kappa shape index (κ1) is 59.9. The van der Waals surface area contributed by atoms with Gasteiger partial charge in [0.2, 0.25) is 17.1 Å². The number of pyridine rings is 3. The Morgan fingerprint density at radius 3 is 1.02 bits per heavy atom. The zero-order chi connectivity index (χ0) is 74.5. The lowest BCUT2D eigenvalue weighted by Crippen LogP contribution is -2.32. The monoisotopic (exact) mass is 1280 g/mol. The van der Waals surface area contributed by atoms with E-state index < -0.39 is 19.6 Å². The summed E-state index contributed by atoms with van der Waals surface area (Å²) in [7, 11) is 6.12. The number of hydrogen-bond acceptors (Lipinski definition) is 0. The number of benzene rings is 9. The Labute approximate surface area is 591 Å².